The first-order valence-electron chi connectivity index (χ1n) is 8.26. The lowest BCUT2D eigenvalue weighted by atomic mass is 10.1. The van der Waals surface area contributed by atoms with Gasteiger partial charge in [0, 0.05) is 11.6 Å². The molecule has 0 aliphatic carbocycles. The van der Waals surface area contributed by atoms with Gasteiger partial charge in [-0.2, -0.15) is 4.68 Å². The molecule has 0 bridgehead atoms. The summed E-state index contributed by atoms with van der Waals surface area (Å²) in [6, 6.07) is 13.4. The second kappa shape index (κ2) is 8.96. The molecule has 0 aliphatic heterocycles. The van der Waals surface area contributed by atoms with E-state index in [0.29, 0.717) is 23.1 Å². The Balaban J connectivity index is 1.56. The second-order valence-corrected chi connectivity index (χ2v) is 7.53. The van der Waals surface area contributed by atoms with E-state index in [2.05, 4.69) is 20.8 Å². The number of aromatic nitrogens is 4. The van der Waals surface area contributed by atoms with Gasteiger partial charge in [-0.15, -0.1) is 5.10 Å². The molecule has 0 saturated carbocycles. The number of carbonyl (C=O) groups is 1. The smallest absolute Gasteiger partial charge is 0.233 e. The zero-order valence-electron chi connectivity index (χ0n) is 14.5. The van der Waals surface area contributed by atoms with Crippen LogP contribution in [-0.4, -0.2) is 37.9 Å². The Hall–Kier alpha value is -2.45. The Morgan fingerprint density at radius 1 is 1.30 bits per heavy atom. The summed E-state index contributed by atoms with van der Waals surface area (Å²) in [4.78, 5) is 12.3. The van der Waals surface area contributed by atoms with E-state index in [4.69, 9.17) is 11.6 Å². The van der Waals surface area contributed by atoms with Gasteiger partial charge >= 0.3 is 0 Å². The third-order valence-electron chi connectivity index (χ3n) is 3.77. The Morgan fingerprint density at radius 3 is 2.81 bits per heavy atom. The van der Waals surface area contributed by atoms with E-state index in [0.717, 1.165) is 11.3 Å². The first-order chi connectivity index (χ1) is 13.0. The first kappa shape index (κ1) is 19.3. The fourth-order valence-electron chi connectivity index (χ4n) is 2.36. The molecule has 0 spiro atoms. The molecule has 3 rings (SSSR count). The molecule has 0 aliphatic rings. The predicted molar refractivity (Wildman–Crippen MR) is 103 cm³/mol. The number of thioether (sulfide) groups is 1. The summed E-state index contributed by atoms with van der Waals surface area (Å²) in [5.74, 6) is -0.395. The zero-order chi connectivity index (χ0) is 19.2. The summed E-state index contributed by atoms with van der Waals surface area (Å²) in [5.41, 5.74) is 1.68. The van der Waals surface area contributed by atoms with E-state index in [9.17, 15) is 9.18 Å². The molecule has 0 radical (unpaired) electrons. The van der Waals surface area contributed by atoms with Crippen molar-refractivity contribution in [2.45, 2.75) is 23.8 Å². The Bertz CT molecular complexity index is 918. The lowest BCUT2D eigenvalue weighted by molar-refractivity contribution is -0.120. The molecule has 1 N–H and O–H groups in total. The van der Waals surface area contributed by atoms with Crippen LogP contribution in [-0.2, 0) is 11.2 Å². The molecule has 0 saturated heterocycles. The highest BCUT2D eigenvalue weighted by Crippen LogP contribution is 2.24. The van der Waals surface area contributed by atoms with Crippen LogP contribution in [0.4, 0.5) is 4.39 Å². The molecular formula is C18H17ClFN5OS. The standard InChI is InChI=1S/C18H17ClFN5OS/c1-12(17(26)21-10-9-13-5-7-15(20)8-6-13)27-18-22-23-24-25(18)16-4-2-3-14(19)11-16/h2-8,11-12H,9-10H2,1H3,(H,21,26)/t12-/m0/s1. The van der Waals surface area contributed by atoms with Gasteiger partial charge in [-0.05, 0) is 59.7 Å². The summed E-state index contributed by atoms with van der Waals surface area (Å²) in [6.07, 6.45) is 0.629. The van der Waals surface area contributed by atoms with Crippen molar-refractivity contribution in [2.75, 3.05) is 6.54 Å². The largest absolute Gasteiger partial charge is 0.355 e. The number of hydrogen-bond donors (Lipinski definition) is 1. The van der Waals surface area contributed by atoms with Crippen LogP contribution in [0.5, 0.6) is 0 Å². The molecular weight excluding hydrogens is 389 g/mol. The van der Waals surface area contributed by atoms with Gasteiger partial charge in [-0.3, -0.25) is 4.79 Å². The average molecular weight is 406 g/mol. The van der Waals surface area contributed by atoms with E-state index in [1.165, 1.54) is 23.9 Å². The highest BCUT2D eigenvalue weighted by Gasteiger charge is 2.19. The van der Waals surface area contributed by atoms with Gasteiger partial charge in [0.2, 0.25) is 11.1 Å². The van der Waals surface area contributed by atoms with Gasteiger partial charge in [0.05, 0.1) is 10.9 Å². The van der Waals surface area contributed by atoms with Crippen molar-refractivity contribution >= 4 is 29.3 Å². The Morgan fingerprint density at radius 2 is 2.07 bits per heavy atom. The fourth-order valence-corrected chi connectivity index (χ4v) is 3.38. The average Bonchev–Trinajstić information content (AvgIpc) is 3.11. The van der Waals surface area contributed by atoms with Crippen molar-refractivity contribution in [3.63, 3.8) is 0 Å². The maximum atomic E-state index is 12.9. The number of amides is 1. The minimum absolute atomic E-state index is 0.122. The Labute approximate surface area is 165 Å². The van der Waals surface area contributed by atoms with Crippen LogP contribution in [0.25, 0.3) is 5.69 Å². The van der Waals surface area contributed by atoms with Gasteiger partial charge in [-0.25, -0.2) is 4.39 Å². The highest BCUT2D eigenvalue weighted by molar-refractivity contribution is 8.00. The predicted octanol–water partition coefficient (Wildman–Crippen LogP) is 3.29. The van der Waals surface area contributed by atoms with Crippen LogP contribution in [0.2, 0.25) is 5.02 Å². The molecule has 9 heteroatoms. The molecule has 2 aromatic carbocycles. The van der Waals surface area contributed by atoms with Gasteiger partial charge in [-0.1, -0.05) is 41.6 Å². The van der Waals surface area contributed by atoms with Crippen molar-refractivity contribution in [1.82, 2.24) is 25.5 Å². The first-order valence-corrected chi connectivity index (χ1v) is 9.52. The normalized spacial score (nSPS) is 12.0. The molecule has 0 fully saturated rings. The lowest BCUT2D eigenvalue weighted by Gasteiger charge is -2.12. The van der Waals surface area contributed by atoms with Crippen LogP contribution in [0, 0.1) is 5.82 Å². The molecule has 6 nitrogen and oxygen atoms in total. The van der Waals surface area contributed by atoms with Crippen molar-refractivity contribution < 1.29 is 9.18 Å². The number of nitrogens with zero attached hydrogens (tertiary/aromatic N) is 4. The summed E-state index contributed by atoms with van der Waals surface area (Å²) >= 11 is 7.27. The molecule has 1 amide bonds. The van der Waals surface area contributed by atoms with Crippen molar-refractivity contribution in [2.24, 2.45) is 0 Å². The van der Waals surface area contributed by atoms with Crippen LogP contribution in [0.3, 0.4) is 0 Å². The van der Waals surface area contributed by atoms with Gasteiger partial charge < -0.3 is 5.32 Å². The van der Waals surface area contributed by atoms with E-state index in [1.54, 1.807) is 41.9 Å². The molecule has 1 atom stereocenters. The molecule has 1 heterocycles. The molecule has 27 heavy (non-hydrogen) atoms. The van der Waals surface area contributed by atoms with E-state index >= 15 is 0 Å². The van der Waals surface area contributed by atoms with Crippen LogP contribution in [0.1, 0.15) is 12.5 Å². The molecule has 1 aromatic heterocycles. The van der Waals surface area contributed by atoms with Crippen molar-refractivity contribution in [1.29, 1.82) is 0 Å². The van der Waals surface area contributed by atoms with Gasteiger partial charge in [0.15, 0.2) is 0 Å². The summed E-state index contributed by atoms with van der Waals surface area (Å²) in [6.45, 7) is 2.25. The number of nitrogens with one attached hydrogen (secondary N) is 1. The van der Waals surface area contributed by atoms with Crippen LogP contribution in [0.15, 0.2) is 53.7 Å². The minimum Gasteiger partial charge on any atom is -0.355 e. The summed E-state index contributed by atoms with van der Waals surface area (Å²) in [5, 5.41) is 15.2. The van der Waals surface area contributed by atoms with E-state index in [-0.39, 0.29) is 17.0 Å². The SMILES string of the molecule is C[C@H](Sc1nnnn1-c1cccc(Cl)c1)C(=O)NCCc1ccc(F)cc1. The lowest BCUT2D eigenvalue weighted by Crippen LogP contribution is -2.32. The summed E-state index contributed by atoms with van der Waals surface area (Å²) in [7, 11) is 0. The quantitative estimate of drug-likeness (QED) is 0.610. The maximum Gasteiger partial charge on any atom is 0.233 e. The fraction of sp³-hybridized carbons (Fsp3) is 0.222. The number of halogens is 2. The topological polar surface area (TPSA) is 72.7 Å². The minimum atomic E-state index is -0.387. The Kier molecular flexibility index (Phi) is 6.41. The van der Waals surface area contributed by atoms with Crippen LogP contribution < -0.4 is 5.32 Å². The van der Waals surface area contributed by atoms with Gasteiger partial charge in [0.25, 0.3) is 0 Å². The maximum absolute atomic E-state index is 12.9. The summed E-state index contributed by atoms with van der Waals surface area (Å²) < 4.78 is 14.4. The third-order valence-corrected chi connectivity index (χ3v) is 5.04. The monoisotopic (exact) mass is 405 g/mol. The number of benzene rings is 2. The number of rotatable bonds is 7. The number of hydrogen-bond acceptors (Lipinski definition) is 5. The van der Waals surface area contributed by atoms with Gasteiger partial charge in [0.1, 0.15) is 5.82 Å². The van der Waals surface area contributed by atoms with Crippen molar-refractivity contribution in [3.8, 4) is 5.69 Å². The van der Waals surface area contributed by atoms with Crippen molar-refractivity contribution in [3.05, 3.63) is 64.9 Å². The number of tetrazole rings is 1. The van der Waals surface area contributed by atoms with E-state index in [1.807, 2.05) is 6.07 Å². The van der Waals surface area contributed by atoms with Crippen LogP contribution >= 0.6 is 23.4 Å². The molecule has 3 aromatic rings. The molecule has 140 valence electrons. The zero-order valence-corrected chi connectivity index (χ0v) is 16.0. The number of carbonyl (C=O) groups excluding carboxylic acids is 1. The second-order valence-electron chi connectivity index (χ2n) is 5.78. The highest BCUT2D eigenvalue weighted by atomic mass is 35.5. The van der Waals surface area contributed by atoms with E-state index < -0.39 is 0 Å². The molecule has 0 unspecified atom stereocenters. The third kappa shape index (κ3) is 5.27.